The van der Waals surface area contributed by atoms with Crippen LogP contribution in [0.3, 0.4) is 0 Å². The van der Waals surface area contributed by atoms with E-state index in [-0.39, 0.29) is 20.1 Å². The SMILES string of the molecule is [CH3][Ge]([CH3])([CH3])[c]1ccc(-c2[c-]ccc3ccccc23)nc1.[Ir].[c-]1ccc2c(oc3ccccc32)c1-c1nc2ccccc2n1-c1ccccc1. The van der Waals surface area contributed by atoms with Crippen LogP contribution in [0.2, 0.25) is 17.3 Å². The number of nitrogens with zero attached hydrogens (tertiary/aromatic N) is 3. The Morgan fingerprint density at radius 3 is 2.12 bits per heavy atom. The maximum Gasteiger partial charge on any atom is 0.120 e. The van der Waals surface area contributed by atoms with E-state index in [9.17, 15) is 0 Å². The van der Waals surface area contributed by atoms with E-state index in [1.807, 2.05) is 66.7 Å². The summed E-state index contributed by atoms with van der Waals surface area (Å²) in [5.74, 6) is 8.00. The summed E-state index contributed by atoms with van der Waals surface area (Å²) in [6.07, 6.45) is 2.06. The van der Waals surface area contributed by atoms with Gasteiger partial charge in [-0.15, -0.1) is 18.2 Å². The van der Waals surface area contributed by atoms with E-state index in [1.165, 1.54) is 15.2 Å². The molecule has 0 aliphatic carbocycles. The van der Waals surface area contributed by atoms with Crippen LogP contribution in [0.4, 0.5) is 0 Å². The zero-order chi connectivity index (χ0) is 32.7. The van der Waals surface area contributed by atoms with Gasteiger partial charge in [0.15, 0.2) is 0 Å². The molecule has 3 heterocycles. The van der Waals surface area contributed by atoms with Crippen molar-refractivity contribution in [2.45, 2.75) is 17.3 Å². The first-order valence-electron chi connectivity index (χ1n) is 16.2. The molecule has 6 aromatic carbocycles. The van der Waals surface area contributed by atoms with Crippen LogP contribution in [-0.2, 0) is 20.1 Å². The molecule has 0 aliphatic heterocycles. The molecule has 0 spiro atoms. The zero-order valence-corrected chi connectivity index (χ0v) is 31.9. The first-order valence-corrected chi connectivity index (χ1v) is 23.5. The standard InChI is InChI=1S/C25H15N2O.C18H18GeN.Ir/c1-2-9-17(10-3-1)27-22-15-6-5-14-21(22)26-25(27)20-13-8-12-19-18-11-4-7-16-23(18)28-24(19)20;1-19(2,3)15-11-12-18(20-13-15)17-10-6-8-14-7-4-5-9-16(14)17;/h1-12,14-16H;4-9,11-13H,1-3H3;/q2*-1;. The average Bonchev–Trinajstić information content (AvgIpc) is 3.71. The average molecular weight is 873 g/mol. The van der Waals surface area contributed by atoms with Gasteiger partial charge in [-0.05, 0) is 30.3 Å². The van der Waals surface area contributed by atoms with Crippen molar-refractivity contribution in [2.75, 3.05) is 0 Å². The van der Waals surface area contributed by atoms with Gasteiger partial charge in [-0.25, -0.2) is 0 Å². The fraction of sp³-hybridized carbons (Fsp3) is 0.0698. The Kier molecular flexibility index (Phi) is 9.08. The van der Waals surface area contributed by atoms with Crippen LogP contribution in [0.5, 0.6) is 0 Å². The molecule has 0 aliphatic rings. The second-order valence-corrected chi connectivity index (χ2v) is 23.6. The molecule has 0 atom stereocenters. The van der Waals surface area contributed by atoms with E-state index in [0.29, 0.717) is 0 Å². The van der Waals surface area contributed by atoms with Crippen molar-refractivity contribution >= 4 is 61.4 Å². The minimum Gasteiger partial charge on any atom is -0.501 e. The third kappa shape index (κ3) is 6.26. The predicted molar refractivity (Wildman–Crippen MR) is 202 cm³/mol. The van der Waals surface area contributed by atoms with Crippen LogP contribution in [0.15, 0.2) is 150 Å². The number of furan rings is 1. The molecule has 0 N–H and O–H groups in total. The number of rotatable bonds is 4. The van der Waals surface area contributed by atoms with Crippen LogP contribution >= 0.6 is 0 Å². The minimum absolute atomic E-state index is 0. The van der Waals surface area contributed by atoms with E-state index in [4.69, 9.17) is 9.40 Å². The van der Waals surface area contributed by atoms with Gasteiger partial charge in [-0.1, -0.05) is 59.5 Å². The van der Waals surface area contributed by atoms with Crippen LogP contribution in [0.25, 0.3) is 72.1 Å². The quantitative estimate of drug-likeness (QED) is 0.131. The third-order valence-electron chi connectivity index (χ3n) is 8.74. The Balaban J connectivity index is 0.000000160. The number of benzene rings is 6. The van der Waals surface area contributed by atoms with E-state index >= 15 is 0 Å². The topological polar surface area (TPSA) is 43.9 Å². The van der Waals surface area contributed by atoms with Crippen molar-refractivity contribution in [1.82, 2.24) is 14.5 Å². The summed E-state index contributed by atoms with van der Waals surface area (Å²) in [7, 11) is 0. The summed E-state index contributed by atoms with van der Waals surface area (Å²) in [4.78, 5) is 9.63. The van der Waals surface area contributed by atoms with Crippen molar-refractivity contribution in [2.24, 2.45) is 0 Å². The molecule has 4 nitrogen and oxygen atoms in total. The largest absolute Gasteiger partial charge is 0.501 e. The second-order valence-electron chi connectivity index (χ2n) is 12.9. The molecule has 0 bridgehead atoms. The van der Waals surface area contributed by atoms with Crippen LogP contribution in [0.1, 0.15) is 0 Å². The maximum absolute atomic E-state index is 6.24. The number of para-hydroxylation sites is 4. The summed E-state index contributed by atoms with van der Waals surface area (Å²) < 4.78 is 9.85. The van der Waals surface area contributed by atoms with Gasteiger partial charge in [0.05, 0.1) is 22.4 Å². The number of aromatic nitrogens is 3. The van der Waals surface area contributed by atoms with Crippen molar-refractivity contribution < 1.29 is 24.5 Å². The molecule has 241 valence electrons. The van der Waals surface area contributed by atoms with Crippen molar-refractivity contribution in [3.63, 3.8) is 0 Å². The van der Waals surface area contributed by atoms with Crippen LogP contribution in [0, 0.1) is 12.1 Å². The van der Waals surface area contributed by atoms with Gasteiger partial charge >= 0.3 is 123 Å². The molecule has 9 rings (SSSR count). The normalized spacial score (nSPS) is 11.4. The molecule has 0 saturated heterocycles. The van der Waals surface area contributed by atoms with Gasteiger partial charge in [0.25, 0.3) is 0 Å². The minimum atomic E-state index is -1.78. The van der Waals surface area contributed by atoms with E-state index < -0.39 is 13.3 Å². The van der Waals surface area contributed by atoms with E-state index in [2.05, 4.69) is 118 Å². The van der Waals surface area contributed by atoms with Crippen molar-refractivity contribution in [1.29, 1.82) is 0 Å². The number of hydrogen-bond acceptors (Lipinski definition) is 3. The fourth-order valence-corrected chi connectivity index (χ4v) is 8.42. The first kappa shape index (κ1) is 32.7. The van der Waals surface area contributed by atoms with Crippen molar-refractivity contribution in [3.05, 3.63) is 158 Å². The summed E-state index contributed by atoms with van der Waals surface area (Å²) in [6.45, 7) is 0. The van der Waals surface area contributed by atoms with E-state index in [1.54, 1.807) is 0 Å². The molecule has 1 radical (unpaired) electrons. The summed E-state index contributed by atoms with van der Waals surface area (Å²) in [6, 6.07) is 54.2. The van der Waals surface area contributed by atoms with Crippen molar-refractivity contribution in [3.8, 4) is 28.3 Å². The van der Waals surface area contributed by atoms with Gasteiger partial charge < -0.3 is 8.98 Å². The summed E-state index contributed by atoms with van der Waals surface area (Å²) >= 11 is -1.78. The smallest absolute Gasteiger partial charge is 0.120 e. The maximum atomic E-state index is 6.24. The van der Waals surface area contributed by atoms with Gasteiger partial charge in [-0.3, -0.25) is 4.98 Å². The van der Waals surface area contributed by atoms with Gasteiger partial charge in [0, 0.05) is 31.2 Å². The van der Waals surface area contributed by atoms with Gasteiger partial charge in [0.2, 0.25) is 0 Å². The molecular formula is C43H33GeIrN3O-2. The van der Waals surface area contributed by atoms with Gasteiger partial charge in [0.1, 0.15) is 5.58 Å². The molecule has 0 fully saturated rings. The monoisotopic (exact) mass is 874 g/mol. The Bertz CT molecular complexity index is 2540. The predicted octanol–water partition coefficient (Wildman–Crippen LogP) is 10.6. The molecular weight excluding hydrogens is 839 g/mol. The zero-order valence-electron chi connectivity index (χ0n) is 27.4. The number of hydrogen-bond donors (Lipinski definition) is 0. The Hall–Kier alpha value is -4.81. The third-order valence-corrected chi connectivity index (χ3v) is 13.0. The molecule has 49 heavy (non-hydrogen) atoms. The molecule has 3 aromatic heterocycles. The molecule has 0 amide bonds. The van der Waals surface area contributed by atoms with Crippen LogP contribution < -0.4 is 4.40 Å². The Morgan fingerprint density at radius 2 is 1.33 bits per heavy atom. The summed E-state index contributed by atoms with van der Waals surface area (Å²) in [5.41, 5.74) is 7.74. The molecule has 6 heteroatoms. The van der Waals surface area contributed by atoms with Crippen LogP contribution in [-0.4, -0.2) is 27.8 Å². The number of fused-ring (bicyclic) bond motifs is 5. The number of imidazole rings is 1. The fourth-order valence-electron chi connectivity index (χ4n) is 6.25. The van der Waals surface area contributed by atoms with E-state index in [0.717, 1.165) is 61.3 Å². The molecule has 0 saturated carbocycles. The Labute approximate surface area is 302 Å². The second kappa shape index (κ2) is 13.6. The first-order chi connectivity index (χ1) is 23.5. The Morgan fingerprint density at radius 1 is 0.633 bits per heavy atom. The molecule has 9 aromatic rings. The molecule has 0 unspecified atom stereocenters. The number of pyridine rings is 1. The summed E-state index contributed by atoms with van der Waals surface area (Å²) in [5, 5.41) is 4.64. The van der Waals surface area contributed by atoms with Gasteiger partial charge in [-0.2, -0.15) is 0 Å².